The van der Waals surface area contributed by atoms with Crippen molar-refractivity contribution in [1.82, 2.24) is 0 Å². The lowest BCUT2D eigenvalue weighted by Gasteiger charge is -2.47. The molecule has 0 atom stereocenters. The van der Waals surface area contributed by atoms with E-state index in [1.165, 1.54) is 5.56 Å². The van der Waals surface area contributed by atoms with Crippen LogP contribution < -0.4 is 5.73 Å². The van der Waals surface area contributed by atoms with E-state index in [1.807, 2.05) is 36.4 Å². The molecule has 21 heavy (non-hydrogen) atoms. The molecule has 0 saturated heterocycles. The Labute approximate surface area is 123 Å². The molecule has 2 aromatic carbocycles. The first-order valence-corrected chi connectivity index (χ1v) is 7.20. The molecule has 1 nitrogen and oxygen atoms in total. The van der Waals surface area contributed by atoms with Crippen molar-refractivity contribution in [3.05, 3.63) is 59.7 Å². The van der Waals surface area contributed by atoms with Gasteiger partial charge in [0.25, 0.3) is 0 Å². The van der Waals surface area contributed by atoms with Crippen molar-refractivity contribution in [3.63, 3.8) is 0 Å². The zero-order valence-corrected chi connectivity index (χ0v) is 12.1. The summed E-state index contributed by atoms with van der Waals surface area (Å²) in [5, 5.41) is 0. The fourth-order valence-corrected chi connectivity index (χ4v) is 3.32. The SMILES string of the molecule is Cc1ccccc1-c1cccc(C2(CN)CC(F)(F)C2)c1. The van der Waals surface area contributed by atoms with Crippen LogP contribution in [0.25, 0.3) is 11.1 Å². The number of aryl methyl sites for hydroxylation is 1. The lowest BCUT2D eigenvalue weighted by Crippen LogP contribution is -2.53. The standard InChI is InChI=1S/C18H19F2N/c1-13-5-2-3-8-16(13)14-6-4-7-15(9-14)17(12-21)10-18(19,20)11-17/h2-9H,10-12,21H2,1H3. The molecular weight excluding hydrogens is 268 g/mol. The van der Waals surface area contributed by atoms with Crippen molar-refractivity contribution < 1.29 is 8.78 Å². The predicted molar refractivity (Wildman–Crippen MR) is 81.5 cm³/mol. The van der Waals surface area contributed by atoms with Crippen LogP contribution in [0.5, 0.6) is 0 Å². The van der Waals surface area contributed by atoms with Gasteiger partial charge in [0.1, 0.15) is 0 Å². The molecule has 0 unspecified atom stereocenters. The fraction of sp³-hybridized carbons (Fsp3) is 0.333. The quantitative estimate of drug-likeness (QED) is 0.895. The fourth-order valence-electron chi connectivity index (χ4n) is 3.32. The lowest BCUT2D eigenvalue weighted by molar-refractivity contribution is -0.123. The van der Waals surface area contributed by atoms with E-state index in [0.717, 1.165) is 16.7 Å². The Bertz CT molecular complexity index is 656. The van der Waals surface area contributed by atoms with Crippen molar-refractivity contribution in [2.24, 2.45) is 5.73 Å². The molecule has 2 aromatic rings. The summed E-state index contributed by atoms with van der Waals surface area (Å²) in [6, 6.07) is 16.0. The molecule has 0 heterocycles. The molecule has 2 N–H and O–H groups in total. The third-order valence-corrected chi connectivity index (χ3v) is 4.52. The Morgan fingerprint density at radius 2 is 1.76 bits per heavy atom. The summed E-state index contributed by atoms with van der Waals surface area (Å²) in [5.74, 6) is -2.57. The minimum Gasteiger partial charge on any atom is -0.330 e. The summed E-state index contributed by atoms with van der Waals surface area (Å²) >= 11 is 0. The molecule has 0 radical (unpaired) electrons. The van der Waals surface area contributed by atoms with Gasteiger partial charge in [-0.2, -0.15) is 0 Å². The number of rotatable bonds is 3. The highest BCUT2D eigenvalue weighted by Crippen LogP contribution is 2.53. The van der Waals surface area contributed by atoms with Crippen LogP contribution in [-0.2, 0) is 5.41 Å². The highest BCUT2D eigenvalue weighted by Gasteiger charge is 2.56. The van der Waals surface area contributed by atoms with Crippen molar-refractivity contribution in [3.8, 4) is 11.1 Å². The summed E-state index contributed by atoms with van der Waals surface area (Å²) in [4.78, 5) is 0. The van der Waals surface area contributed by atoms with E-state index in [9.17, 15) is 8.78 Å². The van der Waals surface area contributed by atoms with Gasteiger partial charge in [0, 0.05) is 24.8 Å². The molecule has 1 aliphatic rings. The number of halogens is 2. The highest BCUT2D eigenvalue weighted by molar-refractivity contribution is 5.68. The van der Waals surface area contributed by atoms with Crippen LogP contribution >= 0.6 is 0 Å². The second kappa shape index (κ2) is 4.92. The van der Waals surface area contributed by atoms with Crippen LogP contribution in [0.4, 0.5) is 8.78 Å². The highest BCUT2D eigenvalue weighted by atomic mass is 19.3. The number of alkyl halides is 2. The van der Waals surface area contributed by atoms with E-state index in [0.29, 0.717) is 0 Å². The third kappa shape index (κ3) is 2.46. The van der Waals surface area contributed by atoms with Gasteiger partial charge in [0.15, 0.2) is 0 Å². The first-order valence-electron chi connectivity index (χ1n) is 7.20. The normalized spacial score (nSPS) is 19.0. The van der Waals surface area contributed by atoms with Crippen LogP contribution in [0.1, 0.15) is 24.0 Å². The molecule has 1 aliphatic carbocycles. The van der Waals surface area contributed by atoms with Gasteiger partial charge in [-0.05, 0) is 29.2 Å². The third-order valence-electron chi connectivity index (χ3n) is 4.52. The topological polar surface area (TPSA) is 26.0 Å². The average molecular weight is 287 g/mol. The molecular formula is C18H19F2N. The number of benzene rings is 2. The van der Waals surface area contributed by atoms with Gasteiger partial charge in [-0.3, -0.25) is 0 Å². The maximum absolute atomic E-state index is 13.3. The van der Waals surface area contributed by atoms with E-state index in [1.54, 1.807) is 0 Å². The molecule has 0 amide bonds. The van der Waals surface area contributed by atoms with Crippen LogP contribution in [0.2, 0.25) is 0 Å². The second-order valence-electron chi connectivity index (χ2n) is 6.09. The summed E-state index contributed by atoms with van der Waals surface area (Å²) in [7, 11) is 0. The molecule has 3 rings (SSSR count). The van der Waals surface area contributed by atoms with Crippen LogP contribution in [0.3, 0.4) is 0 Å². The predicted octanol–water partition coefficient (Wildman–Crippen LogP) is 4.29. The maximum atomic E-state index is 13.3. The Morgan fingerprint density at radius 3 is 2.38 bits per heavy atom. The molecule has 3 heteroatoms. The molecule has 110 valence electrons. The summed E-state index contributed by atoms with van der Waals surface area (Å²) in [6.45, 7) is 2.32. The first kappa shape index (κ1) is 14.2. The van der Waals surface area contributed by atoms with Crippen molar-refractivity contribution in [2.45, 2.75) is 31.1 Å². The van der Waals surface area contributed by atoms with Crippen LogP contribution in [-0.4, -0.2) is 12.5 Å². The van der Waals surface area contributed by atoms with Crippen molar-refractivity contribution in [1.29, 1.82) is 0 Å². The summed E-state index contributed by atoms with van der Waals surface area (Å²) < 4.78 is 26.7. The van der Waals surface area contributed by atoms with Gasteiger partial charge in [0.2, 0.25) is 5.92 Å². The first-order chi connectivity index (χ1) is 9.96. The molecule has 1 saturated carbocycles. The summed E-state index contributed by atoms with van der Waals surface area (Å²) in [5.41, 5.74) is 9.54. The molecule has 0 bridgehead atoms. The Morgan fingerprint density at radius 1 is 1.05 bits per heavy atom. The van der Waals surface area contributed by atoms with Gasteiger partial charge in [0.05, 0.1) is 0 Å². The van der Waals surface area contributed by atoms with Crippen LogP contribution in [0.15, 0.2) is 48.5 Å². The largest absolute Gasteiger partial charge is 0.330 e. The van der Waals surface area contributed by atoms with E-state index < -0.39 is 11.3 Å². The van der Waals surface area contributed by atoms with Crippen molar-refractivity contribution >= 4 is 0 Å². The average Bonchev–Trinajstić information content (AvgIpc) is 2.45. The molecule has 0 aromatic heterocycles. The zero-order chi connectivity index (χ0) is 15.1. The Balaban J connectivity index is 2.00. The number of nitrogens with two attached hydrogens (primary N) is 1. The lowest BCUT2D eigenvalue weighted by atomic mass is 9.62. The monoisotopic (exact) mass is 287 g/mol. The maximum Gasteiger partial charge on any atom is 0.250 e. The van der Waals surface area contributed by atoms with Gasteiger partial charge in [-0.25, -0.2) is 8.78 Å². The van der Waals surface area contributed by atoms with E-state index >= 15 is 0 Å². The Kier molecular flexibility index (Phi) is 3.33. The smallest absolute Gasteiger partial charge is 0.250 e. The molecule has 0 aliphatic heterocycles. The van der Waals surface area contributed by atoms with Gasteiger partial charge < -0.3 is 5.73 Å². The Hall–Kier alpha value is -1.74. The van der Waals surface area contributed by atoms with E-state index in [-0.39, 0.29) is 19.4 Å². The number of hydrogen-bond acceptors (Lipinski definition) is 1. The molecule has 0 spiro atoms. The van der Waals surface area contributed by atoms with Gasteiger partial charge in [-0.15, -0.1) is 0 Å². The number of hydrogen-bond donors (Lipinski definition) is 1. The second-order valence-corrected chi connectivity index (χ2v) is 6.09. The zero-order valence-electron chi connectivity index (χ0n) is 12.1. The van der Waals surface area contributed by atoms with Crippen LogP contribution in [0, 0.1) is 6.92 Å². The minimum atomic E-state index is -2.57. The van der Waals surface area contributed by atoms with E-state index in [2.05, 4.69) is 19.1 Å². The molecule has 1 fully saturated rings. The summed E-state index contributed by atoms with van der Waals surface area (Å²) in [6.07, 6.45) is -0.290. The van der Waals surface area contributed by atoms with Crippen molar-refractivity contribution in [2.75, 3.05) is 6.54 Å². The van der Waals surface area contributed by atoms with Gasteiger partial charge >= 0.3 is 0 Å². The minimum absolute atomic E-state index is 0.145. The van der Waals surface area contributed by atoms with E-state index in [4.69, 9.17) is 5.73 Å². The van der Waals surface area contributed by atoms with Gasteiger partial charge in [-0.1, -0.05) is 48.5 Å².